The van der Waals surface area contributed by atoms with Crippen LogP contribution in [0.4, 0.5) is 4.39 Å². The second-order valence-electron chi connectivity index (χ2n) is 5.52. The second-order valence-corrected chi connectivity index (χ2v) is 5.52. The van der Waals surface area contributed by atoms with E-state index >= 15 is 0 Å². The molecule has 8 nitrogen and oxygen atoms in total. The Hall–Kier alpha value is -3.33. The number of pyridine rings is 1. The largest absolute Gasteiger partial charge is 0.350 e. The third-order valence-electron chi connectivity index (χ3n) is 3.94. The van der Waals surface area contributed by atoms with Crippen LogP contribution in [-0.2, 0) is 6.54 Å². The summed E-state index contributed by atoms with van der Waals surface area (Å²) >= 11 is 0. The first-order valence-corrected chi connectivity index (χ1v) is 7.49. The number of rotatable bonds is 4. The Balaban J connectivity index is 1.78. The van der Waals surface area contributed by atoms with E-state index in [1.165, 1.54) is 9.08 Å². The molecule has 0 saturated carbocycles. The van der Waals surface area contributed by atoms with Gasteiger partial charge in [-0.3, -0.25) is 4.40 Å². The fourth-order valence-corrected chi connectivity index (χ4v) is 2.60. The Morgan fingerprint density at radius 1 is 1.20 bits per heavy atom. The van der Waals surface area contributed by atoms with Crippen molar-refractivity contribution < 1.29 is 9.02 Å². The summed E-state index contributed by atoms with van der Waals surface area (Å²) in [4.78, 5) is 12.3. The van der Waals surface area contributed by atoms with Gasteiger partial charge in [0.25, 0.3) is 0 Å². The van der Waals surface area contributed by atoms with Gasteiger partial charge in [-0.05, 0) is 51.3 Å². The molecule has 0 aliphatic heterocycles. The summed E-state index contributed by atoms with van der Waals surface area (Å²) in [5, 5.41) is 11.8. The molecular weight excluding hydrogens is 327 g/mol. The zero-order valence-corrected chi connectivity index (χ0v) is 13.0. The van der Waals surface area contributed by atoms with Crippen molar-refractivity contribution in [2.24, 2.45) is 5.73 Å². The lowest BCUT2D eigenvalue weighted by Gasteiger charge is -2.01. The normalized spacial score (nSPS) is 12.3. The standard InChI is InChI=1S/C16H13FN6O2/c17-7-10(8-18)9-23-16(24)22-4-3-12(6-15(22)19-23)11-1-2-13-14(5-11)21-25-20-13/h1-7H,8-9,18H2/b10-7+. The summed E-state index contributed by atoms with van der Waals surface area (Å²) in [6.07, 6.45) is 2.03. The van der Waals surface area contributed by atoms with Gasteiger partial charge in [0.05, 0.1) is 12.9 Å². The number of hydrogen-bond acceptors (Lipinski definition) is 6. The SMILES string of the molecule is NC/C(=C\F)Cn1nc2cc(-c3ccc4nonc4c3)ccn2c1=O. The lowest BCUT2D eigenvalue weighted by Crippen LogP contribution is -2.23. The molecule has 0 atom stereocenters. The van der Waals surface area contributed by atoms with Crippen LogP contribution < -0.4 is 11.4 Å². The molecule has 0 aliphatic carbocycles. The molecule has 0 saturated heterocycles. The maximum absolute atomic E-state index is 12.7. The number of aromatic nitrogens is 5. The van der Waals surface area contributed by atoms with Crippen molar-refractivity contribution in [1.29, 1.82) is 0 Å². The van der Waals surface area contributed by atoms with Crippen molar-refractivity contribution in [3.8, 4) is 11.1 Å². The number of halogens is 1. The van der Waals surface area contributed by atoms with Crippen molar-refractivity contribution >= 4 is 16.7 Å². The minimum Gasteiger partial charge on any atom is -0.327 e. The van der Waals surface area contributed by atoms with Crippen molar-refractivity contribution in [1.82, 2.24) is 24.5 Å². The topological polar surface area (TPSA) is 104 Å². The average molecular weight is 340 g/mol. The molecule has 3 aromatic heterocycles. The van der Waals surface area contributed by atoms with Gasteiger partial charge in [0.1, 0.15) is 11.0 Å². The number of hydrogen-bond donors (Lipinski definition) is 1. The summed E-state index contributed by atoms with van der Waals surface area (Å²) in [6.45, 7) is 0.0349. The van der Waals surface area contributed by atoms with E-state index < -0.39 is 0 Å². The Labute approximate surface area is 139 Å². The van der Waals surface area contributed by atoms with Crippen molar-refractivity contribution in [3.05, 3.63) is 58.9 Å². The molecule has 9 heteroatoms. The molecule has 2 N–H and O–H groups in total. The summed E-state index contributed by atoms with van der Waals surface area (Å²) < 4.78 is 20.0. The van der Waals surface area contributed by atoms with E-state index in [1.807, 2.05) is 12.1 Å². The number of nitrogens with two attached hydrogens (primary N) is 1. The van der Waals surface area contributed by atoms with E-state index in [2.05, 4.69) is 15.4 Å². The fraction of sp³-hybridized carbons (Fsp3) is 0.125. The van der Waals surface area contributed by atoms with Crippen LogP contribution in [0.5, 0.6) is 0 Å². The summed E-state index contributed by atoms with van der Waals surface area (Å²) in [7, 11) is 0. The maximum atomic E-state index is 12.7. The molecule has 0 unspecified atom stereocenters. The first-order chi connectivity index (χ1) is 12.2. The fourth-order valence-electron chi connectivity index (χ4n) is 2.60. The lowest BCUT2D eigenvalue weighted by atomic mass is 10.1. The van der Waals surface area contributed by atoms with E-state index in [4.69, 9.17) is 10.4 Å². The molecule has 0 bridgehead atoms. The van der Waals surface area contributed by atoms with Gasteiger partial charge < -0.3 is 5.73 Å². The van der Waals surface area contributed by atoms with Crippen LogP contribution in [0.2, 0.25) is 0 Å². The predicted molar refractivity (Wildman–Crippen MR) is 88.5 cm³/mol. The third-order valence-corrected chi connectivity index (χ3v) is 3.94. The molecule has 0 fully saturated rings. The molecule has 1 aromatic carbocycles. The highest BCUT2D eigenvalue weighted by atomic mass is 19.1. The number of nitrogens with zero attached hydrogens (tertiary/aromatic N) is 5. The number of benzene rings is 1. The number of fused-ring (bicyclic) bond motifs is 2. The van der Waals surface area contributed by atoms with Gasteiger partial charge in [-0.1, -0.05) is 6.07 Å². The van der Waals surface area contributed by atoms with E-state index in [1.54, 1.807) is 24.4 Å². The first-order valence-electron chi connectivity index (χ1n) is 7.49. The highest BCUT2D eigenvalue weighted by molar-refractivity contribution is 5.81. The Morgan fingerprint density at radius 3 is 2.80 bits per heavy atom. The Morgan fingerprint density at radius 2 is 2.00 bits per heavy atom. The zero-order valence-electron chi connectivity index (χ0n) is 13.0. The van der Waals surface area contributed by atoms with Crippen molar-refractivity contribution in [3.63, 3.8) is 0 Å². The van der Waals surface area contributed by atoms with Crippen LogP contribution in [0.15, 0.2) is 57.9 Å². The van der Waals surface area contributed by atoms with Gasteiger partial charge in [-0.15, -0.1) is 5.10 Å². The monoisotopic (exact) mass is 340 g/mol. The van der Waals surface area contributed by atoms with Gasteiger partial charge in [-0.25, -0.2) is 18.5 Å². The quantitative estimate of drug-likeness (QED) is 0.604. The third kappa shape index (κ3) is 2.60. The molecule has 0 amide bonds. The van der Waals surface area contributed by atoms with Crippen molar-refractivity contribution in [2.45, 2.75) is 6.54 Å². The van der Waals surface area contributed by atoms with Crippen LogP contribution in [0.1, 0.15) is 0 Å². The van der Waals surface area contributed by atoms with Crippen LogP contribution in [0, 0.1) is 0 Å². The smallest absolute Gasteiger partial charge is 0.327 e. The van der Waals surface area contributed by atoms with Gasteiger partial charge in [0, 0.05) is 12.7 Å². The molecule has 3 heterocycles. The van der Waals surface area contributed by atoms with E-state index in [-0.39, 0.29) is 24.4 Å². The molecule has 0 radical (unpaired) electrons. The highest BCUT2D eigenvalue weighted by Gasteiger charge is 2.10. The molecular formula is C16H13FN6O2. The van der Waals surface area contributed by atoms with Gasteiger partial charge >= 0.3 is 5.69 Å². The van der Waals surface area contributed by atoms with Crippen LogP contribution in [0.25, 0.3) is 27.8 Å². The maximum Gasteiger partial charge on any atom is 0.350 e. The molecule has 4 rings (SSSR count). The van der Waals surface area contributed by atoms with Crippen LogP contribution in [0.3, 0.4) is 0 Å². The van der Waals surface area contributed by atoms with Gasteiger partial charge in [-0.2, -0.15) is 0 Å². The predicted octanol–water partition coefficient (Wildman–Crippen LogP) is 1.51. The minimum atomic E-state index is -0.356. The van der Waals surface area contributed by atoms with E-state index in [0.29, 0.717) is 23.0 Å². The van der Waals surface area contributed by atoms with E-state index in [9.17, 15) is 9.18 Å². The zero-order chi connectivity index (χ0) is 17.4. The summed E-state index contributed by atoms with van der Waals surface area (Å²) in [5.74, 6) is 0. The van der Waals surface area contributed by atoms with Crippen LogP contribution in [-0.4, -0.2) is 31.0 Å². The molecule has 4 aromatic rings. The summed E-state index contributed by atoms with van der Waals surface area (Å²) in [6, 6.07) is 9.09. The van der Waals surface area contributed by atoms with Gasteiger partial charge in [0.2, 0.25) is 0 Å². The first kappa shape index (κ1) is 15.2. The average Bonchev–Trinajstić information content (AvgIpc) is 3.23. The second kappa shape index (κ2) is 5.95. The Bertz CT molecular complexity index is 1160. The molecule has 126 valence electrons. The van der Waals surface area contributed by atoms with E-state index in [0.717, 1.165) is 11.1 Å². The highest BCUT2D eigenvalue weighted by Crippen LogP contribution is 2.23. The minimum absolute atomic E-state index is 0.0133. The summed E-state index contributed by atoms with van der Waals surface area (Å²) in [5.41, 5.74) is 8.87. The van der Waals surface area contributed by atoms with Crippen molar-refractivity contribution in [2.75, 3.05) is 6.54 Å². The molecule has 0 aliphatic rings. The Kier molecular flexibility index (Phi) is 3.62. The van der Waals surface area contributed by atoms with Crippen LogP contribution >= 0.6 is 0 Å². The molecule has 0 spiro atoms. The van der Waals surface area contributed by atoms with Gasteiger partial charge in [0.15, 0.2) is 5.65 Å². The lowest BCUT2D eigenvalue weighted by molar-refractivity contribution is 0.315. The molecule has 25 heavy (non-hydrogen) atoms.